The number of quaternary nitrogens is 1. The molecule has 3 aliphatic heterocycles. The van der Waals surface area contributed by atoms with Crippen LogP contribution >= 0.6 is 0 Å². The van der Waals surface area contributed by atoms with Gasteiger partial charge in [-0.1, -0.05) is 60.7 Å². The first-order valence-corrected chi connectivity index (χ1v) is 13.7. The third-order valence-corrected chi connectivity index (χ3v) is 8.80. The van der Waals surface area contributed by atoms with Gasteiger partial charge in [0.1, 0.15) is 6.10 Å². The zero-order chi connectivity index (χ0) is 25.9. The summed E-state index contributed by atoms with van der Waals surface area (Å²) in [7, 11) is 1.42. The topological polar surface area (TPSA) is 72.7 Å². The van der Waals surface area contributed by atoms with E-state index in [1.807, 2.05) is 60.7 Å². The second-order valence-electron chi connectivity index (χ2n) is 11.0. The lowest BCUT2D eigenvalue weighted by Crippen LogP contribution is -2.60. The molecule has 0 N–H and O–H groups in total. The molecule has 37 heavy (non-hydrogen) atoms. The molecule has 0 saturated carbocycles. The number of esters is 2. The van der Waals surface area contributed by atoms with Crippen LogP contribution in [-0.2, 0) is 24.7 Å². The summed E-state index contributed by atoms with van der Waals surface area (Å²) in [6, 6.07) is 19.4. The van der Waals surface area contributed by atoms with Crippen LogP contribution in [-0.4, -0.2) is 66.1 Å². The van der Waals surface area contributed by atoms with Gasteiger partial charge < -0.3 is 14.0 Å². The molecule has 3 fully saturated rings. The van der Waals surface area contributed by atoms with Gasteiger partial charge in [0, 0.05) is 61.0 Å². The molecular formula is C30H38N2O5+2. The van der Waals surface area contributed by atoms with E-state index in [1.165, 1.54) is 50.3 Å². The normalized spacial score (nSPS) is 24.1. The molecule has 2 unspecified atom stereocenters. The van der Waals surface area contributed by atoms with Crippen LogP contribution in [0.25, 0.3) is 0 Å². The first kappa shape index (κ1) is 25.6. The average molecular weight is 507 g/mol. The molecule has 5 rings (SSSR count). The third kappa shape index (κ3) is 4.93. The Morgan fingerprint density at radius 1 is 0.919 bits per heavy atom. The van der Waals surface area contributed by atoms with Crippen molar-refractivity contribution in [1.82, 2.24) is 0 Å². The van der Waals surface area contributed by atoms with Gasteiger partial charge in [-0.25, -0.2) is 4.79 Å². The van der Waals surface area contributed by atoms with Crippen molar-refractivity contribution in [2.75, 3.05) is 26.7 Å². The lowest BCUT2D eigenvalue weighted by Gasteiger charge is -2.47. The van der Waals surface area contributed by atoms with Crippen molar-refractivity contribution in [2.45, 2.75) is 75.2 Å². The summed E-state index contributed by atoms with van der Waals surface area (Å²) in [6.07, 6.45) is 6.91. The molecule has 2 bridgehead atoms. The van der Waals surface area contributed by atoms with Crippen LogP contribution in [0.15, 0.2) is 60.7 Å². The number of benzene rings is 2. The number of ether oxygens (including phenoxy) is 2. The Morgan fingerprint density at radius 3 is 1.97 bits per heavy atom. The van der Waals surface area contributed by atoms with E-state index in [1.54, 1.807) is 0 Å². The SMILES string of the molecule is C[N+](=O)CCCC(=O)OC(C(=O)OC1CC2CCC(C1)[N+]21CCCC1)(c1ccccc1)c1ccccc1. The summed E-state index contributed by atoms with van der Waals surface area (Å²) >= 11 is 0. The number of hydrogen-bond acceptors (Lipinski definition) is 5. The van der Waals surface area contributed by atoms with Crippen LogP contribution in [0.5, 0.6) is 0 Å². The van der Waals surface area contributed by atoms with Crippen molar-refractivity contribution in [3.05, 3.63) is 76.7 Å². The average Bonchev–Trinajstić information content (AvgIpc) is 3.44. The van der Waals surface area contributed by atoms with Crippen LogP contribution in [0.4, 0.5) is 0 Å². The number of carbonyl (C=O) groups excluding carboxylic acids is 2. The van der Waals surface area contributed by atoms with Crippen molar-refractivity contribution < 1.29 is 28.3 Å². The maximum atomic E-state index is 14.2. The fourth-order valence-corrected chi connectivity index (χ4v) is 7.12. The first-order chi connectivity index (χ1) is 17.9. The van der Waals surface area contributed by atoms with Crippen LogP contribution in [0.1, 0.15) is 62.5 Å². The molecule has 3 heterocycles. The Hall–Kier alpha value is -3.06. The second kappa shape index (κ2) is 10.7. The number of nitroso groups, excluding NO2 is 1. The zero-order valence-electron chi connectivity index (χ0n) is 21.7. The quantitative estimate of drug-likeness (QED) is 0.284. The molecule has 196 valence electrons. The van der Waals surface area contributed by atoms with E-state index >= 15 is 0 Å². The van der Waals surface area contributed by atoms with E-state index in [0.29, 0.717) is 29.6 Å². The predicted molar refractivity (Wildman–Crippen MR) is 139 cm³/mol. The van der Waals surface area contributed by atoms with Gasteiger partial charge in [0.05, 0.1) is 31.6 Å². The van der Waals surface area contributed by atoms with Gasteiger partial charge in [-0.15, -0.1) is 0 Å². The van der Waals surface area contributed by atoms with Crippen LogP contribution in [0, 0.1) is 4.91 Å². The third-order valence-electron chi connectivity index (χ3n) is 8.80. The lowest BCUT2D eigenvalue weighted by molar-refractivity contribution is -0.956. The molecule has 0 amide bonds. The molecule has 7 nitrogen and oxygen atoms in total. The summed E-state index contributed by atoms with van der Waals surface area (Å²) in [4.78, 5) is 38.7. The number of rotatable bonds is 9. The number of hydrogen-bond donors (Lipinski definition) is 0. The van der Waals surface area contributed by atoms with E-state index in [9.17, 15) is 14.5 Å². The summed E-state index contributed by atoms with van der Waals surface area (Å²) in [5, 5.41) is 0. The van der Waals surface area contributed by atoms with Gasteiger partial charge >= 0.3 is 11.9 Å². The largest absolute Gasteiger partial charge is 0.458 e. The van der Waals surface area contributed by atoms with Gasteiger partial charge in [0.25, 0.3) is 5.60 Å². The summed E-state index contributed by atoms with van der Waals surface area (Å²) in [5.41, 5.74) is -0.594. The van der Waals surface area contributed by atoms with Crippen molar-refractivity contribution in [3.63, 3.8) is 0 Å². The number of piperidine rings is 1. The molecule has 0 aliphatic carbocycles. The Balaban J connectivity index is 1.44. The molecule has 3 saturated heterocycles. The van der Waals surface area contributed by atoms with Gasteiger partial charge in [-0.05, 0) is 4.76 Å². The van der Waals surface area contributed by atoms with E-state index < -0.39 is 17.5 Å². The van der Waals surface area contributed by atoms with E-state index in [2.05, 4.69) is 0 Å². The second-order valence-corrected chi connectivity index (χ2v) is 11.0. The Labute approximate surface area is 218 Å². The molecular weight excluding hydrogens is 468 g/mol. The highest BCUT2D eigenvalue weighted by Crippen LogP contribution is 2.47. The first-order valence-electron chi connectivity index (χ1n) is 13.7. The van der Waals surface area contributed by atoms with Crippen molar-refractivity contribution in [3.8, 4) is 0 Å². The maximum absolute atomic E-state index is 14.2. The lowest BCUT2D eigenvalue weighted by atomic mass is 9.85. The molecule has 0 radical (unpaired) electrons. The molecule has 2 aromatic carbocycles. The van der Waals surface area contributed by atoms with Crippen LogP contribution in [0.3, 0.4) is 0 Å². The molecule has 3 aliphatic rings. The number of nitrogens with zero attached hydrogens (tertiary/aromatic N) is 2. The molecule has 1 spiro atoms. The maximum Gasteiger partial charge on any atom is 0.360 e. The van der Waals surface area contributed by atoms with Gasteiger partial charge in [-0.3, -0.25) is 4.79 Å². The van der Waals surface area contributed by atoms with Crippen LogP contribution in [0.2, 0.25) is 0 Å². The molecule has 2 aromatic rings. The minimum atomic E-state index is -1.71. The summed E-state index contributed by atoms with van der Waals surface area (Å²) in [5.74, 6) is -1.07. The van der Waals surface area contributed by atoms with Crippen LogP contribution < -0.4 is 0 Å². The zero-order valence-corrected chi connectivity index (χ0v) is 21.7. The van der Waals surface area contributed by atoms with Gasteiger partial charge in [0.2, 0.25) is 0 Å². The predicted octanol–water partition coefficient (Wildman–Crippen LogP) is 4.51. The molecule has 0 aromatic heterocycles. The highest BCUT2D eigenvalue weighted by Gasteiger charge is 2.57. The smallest absolute Gasteiger partial charge is 0.360 e. The number of carbonyl (C=O) groups is 2. The highest BCUT2D eigenvalue weighted by atomic mass is 16.6. The van der Waals surface area contributed by atoms with Crippen molar-refractivity contribution in [1.29, 1.82) is 0 Å². The molecule has 7 heteroatoms. The monoisotopic (exact) mass is 506 g/mol. The van der Waals surface area contributed by atoms with E-state index in [-0.39, 0.29) is 19.1 Å². The minimum absolute atomic E-state index is 0.0366. The minimum Gasteiger partial charge on any atom is -0.458 e. The van der Waals surface area contributed by atoms with Gasteiger partial charge in [-0.2, -0.15) is 0 Å². The Morgan fingerprint density at radius 2 is 1.46 bits per heavy atom. The van der Waals surface area contributed by atoms with E-state index in [4.69, 9.17) is 9.47 Å². The Bertz CT molecular complexity index is 1060. The standard InChI is InChI=1S/C30H38N2O5/c1-31(35)18-10-15-28(33)37-30(23-11-4-2-5-12-23,24-13-6-3-7-14-24)29(34)36-27-21-25-16-17-26(22-27)32(25)19-8-9-20-32/h2-7,11-14,25-27H,8-10,15-22H2,1H3/q+2. The van der Waals surface area contributed by atoms with Crippen molar-refractivity contribution in [2.24, 2.45) is 0 Å². The van der Waals surface area contributed by atoms with E-state index in [0.717, 1.165) is 17.6 Å². The fraction of sp³-hybridized carbons (Fsp3) is 0.533. The molecule has 2 atom stereocenters. The summed E-state index contributed by atoms with van der Waals surface area (Å²) < 4.78 is 14.4. The highest BCUT2D eigenvalue weighted by molar-refractivity contribution is 5.89. The van der Waals surface area contributed by atoms with Crippen molar-refractivity contribution >= 4 is 11.9 Å². The fourth-order valence-electron chi connectivity index (χ4n) is 7.12. The summed E-state index contributed by atoms with van der Waals surface area (Å²) in [6.45, 7) is 2.72. The van der Waals surface area contributed by atoms with Gasteiger partial charge in [0.15, 0.2) is 13.6 Å². The Kier molecular flexibility index (Phi) is 7.43.